The van der Waals surface area contributed by atoms with E-state index in [9.17, 15) is 0 Å². The zero-order valence-electron chi connectivity index (χ0n) is 9.71. The molecule has 0 bridgehead atoms. The minimum atomic E-state index is 0.932. The first-order valence-electron chi connectivity index (χ1n) is 5.82. The zero-order valence-corrected chi connectivity index (χ0v) is 12.1. The van der Waals surface area contributed by atoms with Crippen LogP contribution in [-0.2, 0) is 6.42 Å². The number of para-hydroxylation sites is 1. The number of aryl methyl sites for hydroxylation is 1. The molecule has 2 heterocycles. The van der Waals surface area contributed by atoms with Crippen molar-refractivity contribution >= 4 is 37.5 Å². The first-order valence-corrected chi connectivity index (χ1v) is 7.76. The summed E-state index contributed by atoms with van der Waals surface area (Å²) >= 11 is 5.11. The maximum atomic E-state index is 4.59. The summed E-state index contributed by atoms with van der Waals surface area (Å²) in [5.74, 6) is 0. The molecule has 0 unspecified atom stereocenters. The Balaban J connectivity index is 1.91. The van der Waals surface area contributed by atoms with Gasteiger partial charge in [-0.1, -0.05) is 39.4 Å². The van der Waals surface area contributed by atoms with Gasteiger partial charge in [-0.25, -0.2) is 9.67 Å². The Bertz CT molecular complexity index is 626. The number of hydrogen-bond acceptors (Lipinski definition) is 3. The zero-order chi connectivity index (χ0) is 12.4. The summed E-state index contributed by atoms with van der Waals surface area (Å²) in [5, 5.41) is 6.34. The van der Waals surface area contributed by atoms with Gasteiger partial charge in [-0.2, -0.15) is 5.10 Å². The van der Waals surface area contributed by atoms with Crippen LogP contribution in [0.2, 0.25) is 0 Å². The van der Waals surface area contributed by atoms with Gasteiger partial charge in [0.25, 0.3) is 0 Å². The average Bonchev–Trinajstić information content (AvgIpc) is 3.02. The van der Waals surface area contributed by atoms with Crippen LogP contribution in [0.25, 0.3) is 15.3 Å². The highest BCUT2D eigenvalue weighted by atomic mass is 79.9. The number of hydrogen-bond donors (Lipinski definition) is 0. The highest BCUT2D eigenvalue weighted by Crippen LogP contribution is 2.24. The predicted molar refractivity (Wildman–Crippen MR) is 78.9 cm³/mol. The molecule has 2 aromatic heterocycles. The van der Waals surface area contributed by atoms with E-state index in [4.69, 9.17) is 0 Å². The molecule has 0 fully saturated rings. The van der Waals surface area contributed by atoms with Crippen molar-refractivity contribution in [1.29, 1.82) is 0 Å². The Kier molecular flexibility index (Phi) is 3.43. The fourth-order valence-corrected chi connectivity index (χ4v) is 3.00. The van der Waals surface area contributed by atoms with E-state index < -0.39 is 0 Å². The second-order valence-electron chi connectivity index (χ2n) is 4.05. The summed E-state index contributed by atoms with van der Waals surface area (Å²) in [7, 11) is 0. The van der Waals surface area contributed by atoms with E-state index in [1.807, 2.05) is 29.1 Å². The third-order valence-corrected chi connectivity index (χ3v) is 4.30. The van der Waals surface area contributed by atoms with Gasteiger partial charge in [0.2, 0.25) is 5.13 Å². The standard InChI is InChI=1S/C13H12BrN3S/c14-7-3-4-10-8-15-17(9-10)13-16-11-5-1-2-6-12(11)18-13/h1-2,5-6,8-9H,3-4,7H2. The highest BCUT2D eigenvalue weighted by molar-refractivity contribution is 9.09. The summed E-state index contributed by atoms with van der Waals surface area (Å²) < 4.78 is 3.07. The molecule has 1 aromatic carbocycles. The van der Waals surface area contributed by atoms with E-state index in [1.54, 1.807) is 11.3 Å². The third-order valence-electron chi connectivity index (χ3n) is 2.71. The van der Waals surface area contributed by atoms with Gasteiger partial charge in [0.05, 0.1) is 16.4 Å². The fraction of sp³-hybridized carbons (Fsp3) is 0.231. The van der Waals surface area contributed by atoms with Gasteiger partial charge in [0, 0.05) is 11.5 Å². The Morgan fingerprint density at radius 3 is 3.00 bits per heavy atom. The number of benzene rings is 1. The van der Waals surface area contributed by atoms with Crippen LogP contribution < -0.4 is 0 Å². The van der Waals surface area contributed by atoms with E-state index >= 15 is 0 Å². The van der Waals surface area contributed by atoms with Crippen LogP contribution in [0.15, 0.2) is 36.7 Å². The van der Waals surface area contributed by atoms with Crippen molar-refractivity contribution in [1.82, 2.24) is 14.8 Å². The summed E-state index contributed by atoms with van der Waals surface area (Å²) in [6.45, 7) is 0. The van der Waals surface area contributed by atoms with Gasteiger partial charge < -0.3 is 0 Å². The van der Waals surface area contributed by atoms with Crippen molar-refractivity contribution in [3.63, 3.8) is 0 Å². The lowest BCUT2D eigenvalue weighted by molar-refractivity contribution is 0.870. The summed E-state index contributed by atoms with van der Waals surface area (Å²) in [4.78, 5) is 4.59. The molecule has 3 nitrogen and oxygen atoms in total. The quantitative estimate of drug-likeness (QED) is 0.684. The van der Waals surface area contributed by atoms with Crippen LogP contribution in [0, 0.1) is 0 Å². The van der Waals surface area contributed by atoms with Crippen molar-refractivity contribution in [3.05, 3.63) is 42.2 Å². The molecule has 92 valence electrons. The normalized spacial score (nSPS) is 11.2. The Morgan fingerprint density at radius 1 is 1.28 bits per heavy atom. The van der Waals surface area contributed by atoms with Crippen LogP contribution in [0.4, 0.5) is 0 Å². The number of nitrogens with zero attached hydrogens (tertiary/aromatic N) is 3. The first-order chi connectivity index (χ1) is 8.86. The molecule has 0 aliphatic heterocycles. The van der Waals surface area contributed by atoms with Gasteiger partial charge in [-0.3, -0.25) is 0 Å². The summed E-state index contributed by atoms with van der Waals surface area (Å²) in [6.07, 6.45) is 6.18. The largest absolute Gasteiger partial charge is 0.218 e. The van der Waals surface area contributed by atoms with Gasteiger partial charge in [-0.05, 0) is 30.5 Å². The Labute approximate surface area is 118 Å². The molecule has 0 aliphatic carbocycles. The number of thiazole rings is 1. The minimum absolute atomic E-state index is 0.932. The molecule has 0 atom stereocenters. The number of fused-ring (bicyclic) bond motifs is 1. The van der Waals surface area contributed by atoms with E-state index in [-0.39, 0.29) is 0 Å². The molecule has 0 radical (unpaired) electrons. The second kappa shape index (κ2) is 5.20. The van der Waals surface area contributed by atoms with E-state index in [0.29, 0.717) is 0 Å². The molecule has 0 saturated heterocycles. The molecule has 5 heteroatoms. The predicted octanol–water partition coefficient (Wildman–Crippen LogP) is 3.81. The molecular weight excluding hydrogens is 310 g/mol. The second-order valence-corrected chi connectivity index (χ2v) is 5.85. The molecule has 0 aliphatic rings. The smallest absolute Gasteiger partial charge is 0.211 e. The van der Waals surface area contributed by atoms with Gasteiger partial charge >= 0.3 is 0 Å². The van der Waals surface area contributed by atoms with Gasteiger partial charge in [-0.15, -0.1) is 0 Å². The van der Waals surface area contributed by atoms with Crippen LogP contribution in [0.1, 0.15) is 12.0 Å². The molecule has 3 aromatic rings. The van der Waals surface area contributed by atoms with E-state index in [0.717, 1.165) is 28.8 Å². The van der Waals surface area contributed by atoms with Crippen LogP contribution in [0.5, 0.6) is 0 Å². The molecule has 0 amide bonds. The maximum Gasteiger partial charge on any atom is 0.211 e. The molecule has 0 spiro atoms. The lowest BCUT2D eigenvalue weighted by Crippen LogP contribution is -1.92. The van der Waals surface area contributed by atoms with E-state index in [1.165, 1.54) is 10.3 Å². The maximum absolute atomic E-state index is 4.59. The van der Waals surface area contributed by atoms with Crippen molar-refractivity contribution in [2.75, 3.05) is 5.33 Å². The minimum Gasteiger partial charge on any atom is -0.218 e. The SMILES string of the molecule is BrCCCc1cnn(-c2nc3ccccc3s2)c1. The Morgan fingerprint density at radius 2 is 2.17 bits per heavy atom. The van der Waals surface area contributed by atoms with Crippen molar-refractivity contribution in [2.45, 2.75) is 12.8 Å². The van der Waals surface area contributed by atoms with E-state index in [2.05, 4.69) is 38.3 Å². The summed E-state index contributed by atoms with van der Waals surface area (Å²) in [5.41, 5.74) is 2.30. The van der Waals surface area contributed by atoms with Crippen LogP contribution >= 0.6 is 27.3 Å². The fourth-order valence-electron chi connectivity index (χ4n) is 1.82. The van der Waals surface area contributed by atoms with Crippen molar-refractivity contribution in [2.24, 2.45) is 0 Å². The number of alkyl halides is 1. The topological polar surface area (TPSA) is 30.7 Å². The van der Waals surface area contributed by atoms with Gasteiger partial charge in [0.1, 0.15) is 0 Å². The van der Waals surface area contributed by atoms with Gasteiger partial charge in [0.15, 0.2) is 0 Å². The number of aromatic nitrogens is 3. The van der Waals surface area contributed by atoms with Crippen LogP contribution in [-0.4, -0.2) is 20.1 Å². The molecule has 3 rings (SSSR count). The molecule has 0 saturated carbocycles. The number of rotatable bonds is 4. The first kappa shape index (κ1) is 11.9. The highest BCUT2D eigenvalue weighted by Gasteiger charge is 2.06. The third kappa shape index (κ3) is 2.33. The van der Waals surface area contributed by atoms with Crippen LogP contribution in [0.3, 0.4) is 0 Å². The average molecular weight is 322 g/mol. The number of halogens is 1. The lowest BCUT2D eigenvalue weighted by Gasteiger charge is -1.93. The molecule has 0 N–H and O–H groups in total. The molecule has 18 heavy (non-hydrogen) atoms. The van der Waals surface area contributed by atoms with Crippen molar-refractivity contribution in [3.8, 4) is 5.13 Å². The summed E-state index contributed by atoms with van der Waals surface area (Å²) in [6, 6.07) is 8.17. The monoisotopic (exact) mass is 321 g/mol. The molecular formula is C13H12BrN3S. The Hall–Kier alpha value is -1.20. The van der Waals surface area contributed by atoms with Crippen molar-refractivity contribution < 1.29 is 0 Å². The lowest BCUT2D eigenvalue weighted by atomic mass is 10.2.